The van der Waals surface area contributed by atoms with Crippen LogP contribution in [-0.4, -0.2) is 25.2 Å². The average molecular weight is 326 g/mol. The fourth-order valence-electron chi connectivity index (χ4n) is 2.18. The van der Waals surface area contributed by atoms with E-state index in [1.807, 2.05) is 0 Å². The van der Waals surface area contributed by atoms with Gasteiger partial charge in [-0.3, -0.25) is 9.59 Å². The zero-order chi connectivity index (χ0) is 17.2. The topological polar surface area (TPSA) is 52.6 Å². The molecule has 0 aliphatic heterocycles. The quantitative estimate of drug-likeness (QED) is 0.228. The molecule has 4 heteroatoms. The molecule has 0 aliphatic carbocycles. The van der Waals surface area contributed by atoms with Crippen LogP contribution < -0.4 is 0 Å². The molecule has 0 saturated heterocycles. The van der Waals surface area contributed by atoms with E-state index in [0.29, 0.717) is 13.2 Å². The molecule has 0 bridgehead atoms. The zero-order valence-corrected chi connectivity index (χ0v) is 14.8. The Balaban J connectivity index is 3.33. The molecule has 0 aliphatic rings. The number of carbonyl (C=O) groups is 2. The fourth-order valence-corrected chi connectivity index (χ4v) is 2.18. The second-order valence-corrected chi connectivity index (χ2v) is 5.85. The first-order valence-electron chi connectivity index (χ1n) is 9.12. The number of allylic oxidation sites excluding steroid dienone is 1. The molecule has 0 rings (SSSR count). The van der Waals surface area contributed by atoms with Crippen molar-refractivity contribution in [2.75, 3.05) is 13.2 Å². The maximum Gasteiger partial charge on any atom is 0.306 e. The maximum absolute atomic E-state index is 11.5. The zero-order valence-electron chi connectivity index (χ0n) is 14.8. The summed E-state index contributed by atoms with van der Waals surface area (Å²) in [6, 6.07) is 0. The van der Waals surface area contributed by atoms with Gasteiger partial charge in [0.1, 0.15) is 0 Å². The molecule has 0 heterocycles. The van der Waals surface area contributed by atoms with Gasteiger partial charge in [-0.25, -0.2) is 0 Å². The number of esters is 2. The predicted octanol–water partition coefficient (Wildman–Crippen LogP) is 4.96. The molecule has 23 heavy (non-hydrogen) atoms. The maximum atomic E-state index is 11.5. The normalized spacial score (nSPS) is 10.3. The van der Waals surface area contributed by atoms with Crippen LogP contribution in [0.15, 0.2) is 12.7 Å². The lowest BCUT2D eigenvalue weighted by Gasteiger charge is -2.06. The van der Waals surface area contributed by atoms with Gasteiger partial charge in [0.25, 0.3) is 0 Å². The van der Waals surface area contributed by atoms with E-state index in [1.54, 1.807) is 6.08 Å². The molecule has 0 N–H and O–H groups in total. The van der Waals surface area contributed by atoms with E-state index in [4.69, 9.17) is 9.47 Å². The Morgan fingerprint density at radius 3 is 1.78 bits per heavy atom. The molecule has 0 saturated carbocycles. The summed E-state index contributed by atoms with van der Waals surface area (Å²) in [6.07, 6.45) is 13.3. The molecule has 0 fully saturated rings. The Morgan fingerprint density at radius 2 is 1.26 bits per heavy atom. The number of hydrogen-bond acceptors (Lipinski definition) is 4. The third kappa shape index (κ3) is 16.9. The van der Waals surface area contributed by atoms with Crippen LogP contribution in [0.1, 0.15) is 84.0 Å². The third-order valence-corrected chi connectivity index (χ3v) is 3.61. The van der Waals surface area contributed by atoms with Gasteiger partial charge in [-0.1, -0.05) is 57.9 Å². The Hall–Kier alpha value is -1.32. The lowest BCUT2D eigenvalue weighted by Crippen LogP contribution is -2.11. The Kier molecular flexibility index (Phi) is 16.1. The van der Waals surface area contributed by atoms with Gasteiger partial charge in [-0.2, -0.15) is 0 Å². The minimum absolute atomic E-state index is 0.102. The minimum Gasteiger partial charge on any atom is -0.466 e. The summed E-state index contributed by atoms with van der Waals surface area (Å²) in [5.74, 6) is -0.644. The summed E-state index contributed by atoms with van der Waals surface area (Å²) < 4.78 is 10.1. The number of hydrogen-bond donors (Lipinski definition) is 0. The molecule has 134 valence electrons. The molecule has 0 radical (unpaired) electrons. The highest BCUT2D eigenvalue weighted by Gasteiger charge is 2.08. The van der Waals surface area contributed by atoms with E-state index in [-0.39, 0.29) is 24.8 Å². The summed E-state index contributed by atoms with van der Waals surface area (Å²) in [5, 5.41) is 0. The van der Waals surface area contributed by atoms with Gasteiger partial charge in [-0.05, 0) is 19.3 Å². The van der Waals surface area contributed by atoms with Gasteiger partial charge in [0.15, 0.2) is 0 Å². The van der Waals surface area contributed by atoms with Crippen LogP contribution in [0, 0.1) is 0 Å². The molecular weight excluding hydrogens is 292 g/mol. The fraction of sp³-hybridized carbons (Fsp3) is 0.789. The first kappa shape index (κ1) is 21.7. The van der Waals surface area contributed by atoms with Crippen LogP contribution in [0.4, 0.5) is 0 Å². The third-order valence-electron chi connectivity index (χ3n) is 3.61. The molecule has 0 aromatic heterocycles. The predicted molar refractivity (Wildman–Crippen MR) is 93.2 cm³/mol. The van der Waals surface area contributed by atoms with Crippen molar-refractivity contribution >= 4 is 11.9 Å². The van der Waals surface area contributed by atoms with Crippen molar-refractivity contribution in [3.63, 3.8) is 0 Å². The number of rotatable bonds is 16. The standard InChI is InChI=1S/C19H34O4/c1-3-5-7-8-9-10-11-13-17-23-19(21)15-14-18(20)22-16-12-6-4-2/h4H,2-3,5-17H2,1H3. The van der Waals surface area contributed by atoms with Gasteiger partial charge >= 0.3 is 11.9 Å². The molecule has 0 aromatic carbocycles. The Labute approximate surface area is 141 Å². The number of ether oxygens (including phenoxy) is 2. The molecular formula is C19H34O4. The molecule has 4 nitrogen and oxygen atoms in total. The largest absolute Gasteiger partial charge is 0.466 e. The van der Waals surface area contributed by atoms with Gasteiger partial charge in [0.05, 0.1) is 26.1 Å². The second-order valence-electron chi connectivity index (χ2n) is 5.85. The molecule has 0 unspecified atom stereocenters. The highest BCUT2D eigenvalue weighted by molar-refractivity contribution is 5.77. The van der Waals surface area contributed by atoms with Crippen LogP contribution in [0.2, 0.25) is 0 Å². The SMILES string of the molecule is C=CCCCOC(=O)CCC(=O)OCCCCCCCCCC. The van der Waals surface area contributed by atoms with Crippen molar-refractivity contribution in [1.82, 2.24) is 0 Å². The van der Waals surface area contributed by atoms with E-state index >= 15 is 0 Å². The monoisotopic (exact) mass is 326 g/mol. The van der Waals surface area contributed by atoms with E-state index in [9.17, 15) is 9.59 Å². The van der Waals surface area contributed by atoms with E-state index < -0.39 is 0 Å². The Morgan fingerprint density at radius 1 is 0.783 bits per heavy atom. The summed E-state index contributed by atoms with van der Waals surface area (Å²) >= 11 is 0. The van der Waals surface area contributed by atoms with E-state index in [2.05, 4.69) is 13.5 Å². The van der Waals surface area contributed by atoms with Gasteiger partial charge in [-0.15, -0.1) is 6.58 Å². The van der Waals surface area contributed by atoms with Gasteiger partial charge in [0, 0.05) is 0 Å². The number of carbonyl (C=O) groups excluding carboxylic acids is 2. The van der Waals surface area contributed by atoms with Gasteiger partial charge in [0.2, 0.25) is 0 Å². The van der Waals surface area contributed by atoms with E-state index in [1.165, 1.54) is 38.5 Å². The van der Waals surface area contributed by atoms with Gasteiger partial charge < -0.3 is 9.47 Å². The first-order chi connectivity index (χ1) is 11.2. The summed E-state index contributed by atoms with van der Waals surface area (Å²) in [5.41, 5.74) is 0. The molecule has 0 spiro atoms. The second kappa shape index (κ2) is 17.0. The summed E-state index contributed by atoms with van der Waals surface area (Å²) in [4.78, 5) is 22.9. The van der Waals surface area contributed by atoms with Crippen LogP contribution >= 0.6 is 0 Å². The Bertz CT molecular complexity index is 312. The van der Waals surface area contributed by atoms with Crippen molar-refractivity contribution in [2.24, 2.45) is 0 Å². The number of unbranched alkanes of at least 4 members (excludes halogenated alkanes) is 8. The lowest BCUT2D eigenvalue weighted by molar-refractivity contribution is -0.150. The lowest BCUT2D eigenvalue weighted by atomic mass is 10.1. The molecule has 0 aromatic rings. The highest BCUT2D eigenvalue weighted by atomic mass is 16.5. The smallest absolute Gasteiger partial charge is 0.306 e. The molecule has 0 atom stereocenters. The summed E-state index contributed by atoms with van der Waals surface area (Å²) in [6.45, 7) is 6.67. The summed E-state index contributed by atoms with van der Waals surface area (Å²) in [7, 11) is 0. The van der Waals surface area contributed by atoms with Crippen molar-refractivity contribution in [3.8, 4) is 0 Å². The van der Waals surface area contributed by atoms with Crippen LogP contribution in [0.25, 0.3) is 0 Å². The van der Waals surface area contributed by atoms with Crippen molar-refractivity contribution in [1.29, 1.82) is 0 Å². The van der Waals surface area contributed by atoms with Crippen LogP contribution in [-0.2, 0) is 19.1 Å². The van der Waals surface area contributed by atoms with Crippen LogP contribution in [0.5, 0.6) is 0 Å². The highest BCUT2D eigenvalue weighted by Crippen LogP contribution is 2.08. The van der Waals surface area contributed by atoms with Crippen LogP contribution in [0.3, 0.4) is 0 Å². The van der Waals surface area contributed by atoms with Crippen molar-refractivity contribution in [2.45, 2.75) is 84.0 Å². The minimum atomic E-state index is -0.335. The van der Waals surface area contributed by atoms with Crippen molar-refractivity contribution in [3.05, 3.63) is 12.7 Å². The van der Waals surface area contributed by atoms with E-state index in [0.717, 1.165) is 25.7 Å². The first-order valence-corrected chi connectivity index (χ1v) is 9.12. The average Bonchev–Trinajstić information content (AvgIpc) is 2.55. The molecule has 0 amide bonds. The van der Waals surface area contributed by atoms with Crippen molar-refractivity contribution < 1.29 is 19.1 Å².